The molecule has 0 aromatic heterocycles. The Kier molecular flexibility index (Phi) is 9.69. The molecule has 2 saturated carbocycles. The van der Waals surface area contributed by atoms with Gasteiger partial charge in [-0.3, -0.25) is 9.89 Å². The zero-order valence-corrected chi connectivity index (χ0v) is 19.6. The molecule has 2 N–H and O–H groups in total. The van der Waals surface area contributed by atoms with E-state index in [1.165, 1.54) is 30.6 Å². The molecular weight excluding hydrogens is 471 g/mol. The SMILES string of the molecule is CN=C(NCCN(CCOC)C1CC1)NCC1(Sc2ccccc2)CC1.I. The third kappa shape index (κ3) is 7.79. The first kappa shape index (κ1) is 22.8. The van der Waals surface area contributed by atoms with E-state index in [2.05, 4.69) is 50.9 Å². The molecule has 0 aliphatic heterocycles. The standard InChI is InChI=1S/C20H32N4OS.HI/c1-21-19(22-12-13-24(14-15-25-2)17-8-9-17)23-16-20(10-11-20)26-18-6-4-3-5-7-18;/h3-7,17H,8-16H2,1-2H3,(H2,21,22,23);1H. The van der Waals surface area contributed by atoms with Crippen LogP contribution in [-0.4, -0.2) is 68.6 Å². The molecule has 2 fully saturated rings. The average molecular weight is 504 g/mol. The van der Waals surface area contributed by atoms with Gasteiger partial charge in [0.05, 0.1) is 6.61 Å². The fourth-order valence-corrected chi connectivity index (χ4v) is 4.35. The summed E-state index contributed by atoms with van der Waals surface area (Å²) >= 11 is 1.99. The molecule has 2 aliphatic rings. The van der Waals surface area contributed by atoms with Crippen LogP contribution in [0, 0.1) is 0 Å². The molecule has 2 aliphatic carbocycles. The minimum absolute atomic E-state index is 0. The molecular formula is C20H33IN4OS. The first-order chi connectivity index (χ1) is 12.7. The van der Waals surface area contributed by atoms with Crippen LogP contribution in [0.3, 0.4) is 0 Å². The number of nitrogens with one attached hydrogen (secondary N) is 2. The first-order valence-electron chi connectivity index (χ1n) is 9.66. The summed E-state index contributed by atoms with van der Waals surface area (Å²) in [6, 6.07) is 11.5. The second-order valence-corrected chi connectivity index (χ2v) is 8.75. The number of ether oxygens (including phenoxy) is 1. The van der Waals surface area contributed by atoms with Gasteiger partial charge in [-0.15, -0.1) is 35.7 Å². The van der Waals surface area contributed by atoms with Crippen LogP contribution in [-0.2, 0) is 4.74 Å². The van der Waals surface area contributed by atoms with Crippen molar-refractivity contribution < 1.29 is 4.74 Å². The molecule has 7 heteroatoms. The van der Waals surface area contributed by atoms with E-state index in [0.29, 0.717) is 4.75 Å². The Hall–Kier alpha value is -0.510. The number of methoxy groups -OCH3 is 1. The molecule has 1 aromatic rings. The van der Waals surface area contributed by atoms with E-state index in [1.807, 2.05) is 18.8 Å². The molecule has 0 spiro atoms. The molecule has 1 aromatic carbocycles. The number of halogens is 1. The van der Waals surface area contributed by atoms with Crippen molar-refractivity contribution in [2.24, 2.45) is 4.99 Å². The largest absolute Gasteiger partial charge is 0.383 e. The zero-order chi connectivity index (χ0) is 18.2. The second kappa shape index (κ2) is 11.5. The lowest BCUT2D eigenvalue weighted by molar-refractivity contribution is 0.144. The monoisotopic (exact) mass is 504 g/mol. The first-order valence-corrected chi connectivity index (χ1v) is 10.5. The van der Waals surface area contributed by atoms with Crippen LogP contribution in [0.25, 0.3) is 0 Å². The lowest BCUT2D eigenvalue weighted by Crippen LogP contribution is -2.44. The molecule has 0 saturated heterocycles. The van der Waals surface area contributed by atoms with Gasteiger partial charge in [-0.25, -0.2) is 0 Å². The molecule has 3 rings (SSSR count). The predicted octanol–water partition coefficient (Wildman–Crippen LogP) is 3.21. The molecule has 0 unspecified atom stereocenters. The van der Waals surface area contributed by atoms with Gasteiger partial charge in [0.15, 0.2) is 5.96 Å². The van der Waals surface area contributed by atoms with Crippen LogP contribution in [0.5, 0.6) is 0 Å². The lowest BCUT2D eigenvalue weighted by Gasteiger charge is -2.23. The summed E-state index contributed by atoms with van der Waals surface area (Å²) in [5, 5.41) is 7.00. The van der Waals surface area contributed by atoms with E-state index < -0.39 is 0 Å². The summed E-state index contributed by atoms with van der Waals surface area (Å²) < 4.78 is 5.56. The average Bonchev–Trinajstić information content (AvgIpc) is 3.58. The Labute approximate surface area is 185 Å². The summed E-state index contributed by atoms with van der Waals surface area (Å²) in [7, 11) is 3.62. The highest BCUT2D eigenvalue weighted by Crippen LogP contribution is 2.51. The van der Waals surface area contributed by atoms with E-state index in [9.17, 15) is 0 Å². The summed E-state index contributed by atoms with van der Waals surface area (Å²) in [5.74, 6) is 0.910. The number of thioether (sulfide) groups is 1. The highest BCUT2D eigenvalue weighted by Gasteiger charge is 2.43. The van der Waals surface area contributed by atoms with Crippen LogP contribution in [0.15, 0.2) is 40.2 Å². The summed E-state index contributed by atoms with van der Waals surface area (Å²) in [5.41, 5.74) is 0. The van der Waals surface area contributed by atoms with E-state index >= 15 is 0 Å². The molecule has 27 heavy (non-hydrogen) atoms. The minimum Gasteiger partial charge on any atom is -0.383 e. The third-order valence-electron chi connectivity index (χ3n) is 5.02. The van der Waals surface area contributed by atoms with Gasteiger partial charge >= 0.3 is 0 Å². The fraction of sp³-hybridized carbons (Fsp3) is 0.650. The maximum atomic E-state index is 5.23. The van der Waals surface area contributed by atoms with E-state index in [1.54, 1.807) is 7.11 Å². The molecule has 0 bridgehead atoms. The summed E-state index contributed by atoms with van der Waals surface area (Å²) in [6.07, 6.45) is 5.19. The van der Waals surface area contributed by atoms with Crippen molar-refractivity contribution in [3.63, 3.8) is 0 Å². The molecule has 152 valence electrons. The van der Waals surface area contributed by atoms with Crippen molar-refractivity contribution in [3.8, 4) is 0 Å². The molecule has 0 heterocycles. The van der Waals surface area contributed by atoms with Crippen molar-refractivity contribution in [2.45, 2.75) is 41.4 Å². The fourth-order valence-electron chi connectivity index (χ4n) is 3.10. The van der Waals surface area contributed by atoms with Gasteiger partial charge in [-0.05, 0) is 37.8 Å². The predicted molar refractivity (Wildman–Crippen MR) is 126 cm³/mol. The number of nitrogens with zero attached hydrogens (tertiary/aromatic N) is 2. The summed E-state index contributed by atoms with van der Waals surface area (Å²) in [4.78, 5) is 8.27. The quantitative estimate of drug-likeness (QED) is 0.276. The topological polar surface area (TPSA) is 48.9 Å². The Morgan fingerprint density at radius 3 is 2.56 bits per heavy atom. The van der Waals surface area contributed by atoms with Gasteiger partial charge in [0, 0.05) is 56.0 Å². The normalized spacial score (nSPS) is 18.1. The maximum Gasteiger partial charge on any atom is 0.191 e. The van der Waals surface area contributed by atoms with Crippen molar-refractivity contribution in [1.82, 2.24) is 15.5 Å². The highest BCUT2D eigenvalue weighted by atomic mass is 127. The lowest BCUT2D eigenvalue weighted by atomic mass is 10.4. The summed E-state index contributed by atoms with van der Waals surface area (Å²) in [6.45, 7) is 4.74. The van der Waals surface area contributed by atoms with Crippen molar-refractivity contribution >= 4 is 41.7 Å². The molecule has 0 radical (unpaired) electrons. The van der Waals surface area contributed by atoms with Crippen LogP contribution < -0.4 is 10.6 Å². The van der Waals surface area contributed by atoms with E-state index in [-0.39, 0.29) is 24.0 Å². The Bertz CT molecular complexity index is 579. The number of rotatable bonds is 11. The van der Waals surface area contributed by atoms with Crippen LogP contribution in [0.4, 0.5) is 0 Å². The number of guanidine groups is 1. The van der Waals surface area contributed by atoms with Gasteiger partial charge in [0.2, 0.25) is 0 Å². The van der Waals surface area contributed by atoms with E-state index in [0.717, 1.165) is 44.8 Å². The maximum absolute atomic E-state index is 5.23. The minimum atomic E-state index is 0. The van der Waals surface area contributed by atoms with E-state index in [4.69, 9.17) is 4.74 Å². The molecule has 0 atom stereocenters. The van der Waals surface area contributed by atoms with Gasteiger partial charge in [-0.1, -0.05) is 18.2 Å². The van der Waals surface area contributed by atoms with Crippen molar-refractivity contribution in [3.05, 3.63) is 30.3 Å². The molecule has 0 amide bonds. The molecule has 5 nitrogen and oxygen atoms in total. The van der Waals surface area contributed by atoms with Crippen molar-refractivity contribution in [2.75, 3.05) is 46.9 Å². The number of benzene rings is 1. The smallest absolute Gasteiger partial charge is 0.191 e. The number of hydrogen-bond donors (Lipinski definition) is 2. The number of hydrogen-bond acceptors (Lipinski definition) is 4. The van der Waals surface area contributed by atoms with Gasteiger partial charge < -0.3 is 15.4 Å². The van der Waals surface area contributed by atoms with Crippen LogP contribution >= 0.6 is 35.7 Å². The second-order valence-electron chi connectivity index (χ2n) is 7.21. The highest BCUT2D eigenvalue weighted by molar-refractivity contribution is 14.0. The zero-order valence-electron chi connectivity index (χ0n) is 16.4. The van der Waals surface area contributed by atoms with Crippen LogP contribution in [0.1, 0.15) is 25.7 Å². The third-order valence-corrected chi connectivity index (χ3v) is 6.52. The van der Waals surface area contributed by atoms with Crippen molar-refractivity contribution in [1.29, 1.82) is 0 Å². The van der Waals surface area contributed by atoms with Gasteiger partial charge in [-0.2, -0.15) is 0 Å². The number of aliphatic imine (C=N–C) groups is 1. The van der Waals surface area contributed by atoms with Crippen LogP contribution in [0.2, 0.25) is 0 Å². The van der Waals surface area contributed by atoms with Gasteiger partial charge in [0.25, 0.3) is 0 Å². The Balaban J connectivity index is 0.00000261. The Morgan fingerprint density at radius 2 is 1.96 bits per heavy atom. The Morgan fingerprint density at radius 1 is 1.22 bits per heavy atom. The van der Waals surface area contributed by atoms with Gasteiger partial charge in [0.1, 0.15) is 0 Å².